The molecule has 4 saturated carbocycles. The third-order valence-corrected chi connectivity index (χ3v) is 4.75. The van der Waals surface area contributed by atoms with Crippen molar-refractivity contribution >= 4 is 5.91 Å². The Kier molecular flexibility index (Phi) is 1.71. The van der Waals surface area contributed by atoms with Crippen molar-refractivity contribution in [1.82, 2.24) is 5.32 Å². The Morgan fingerprint density at radius 2 is 1.50 bits per heavy atom. The second kappa shape index (κ2) is 2.74. The first-order valence-corrected chi connectivity index (χ1v) is 5.94. The van der Waals surface area contributed by atoms with Crippen LogP contribution in [0.15, 0.2) is 0 Å². The van der Waals surface area contributed by atoms with Crippen molar-refractivity contribution in [3.05, 3.63) is 0 Å². The average molecular weight is 193 g/mol. The van der Waals surface area contributed by atoms with Gasteiger partial charge in [-0.2, -0.15) is 0 Å². The van der Waals surface area contributed by atoms with E-state index in [1.807, 2.05) is 0 Å². The van der Waals surface area contributed by atoms with Crippen LogP contribution >= 0.6 is 0 Å². The first kappa shape index (κ1) is 8.75. The highest BCUT2D eigenvalue weighted by Crippen LogP contribution is 2.59. The highest BCUT2D eigenvalue weighted by molar-refractivity contribution is 5.82. The number of nitrogens with one attached hydrogen (secondary N) is 1. The third kappa shape index (κ3) is 1.06. The Bertz CT molecular complexity index is 236. The summed E-state index contributed by atoms with van der Waals surface area (Å²) in [6.45, 7) is 0. The van der Waals surface area contributed by atoms with Crippen molar-refractivity contribution in [3.63, 3.8) is 0 Å². The van der Waals surface area contributed by atoms with Gasteiger partial charge in [0.1, 0.15) is 0 Å². The third-order valence-electron chi connectivity index (χ3n) is 4.75. The molecular weight excluding hydrogens is 174 g/mol. The number of rotatable bonds is 1. The molecule has 0 aliphatic heterocycles. The van der Waals surface area contributed by atoms with E-state index in [0.717, 1.165) is 17.8 Å². The largest absolute Gasteiger partial charge is 0.359 e. The fraction of sp³-hybridized carbons (Fsp3) is 0.917. The molecule has 1 amide bonds. The van der Waals surface area contributed by atoms with E-state index in [9.17, 15) is 4.79 Å². The SMILES string of the molecule is CNC(=O)[C@]12C[C@H]3C[C@H](C[C@H](C3)C1)C2. The summed E-state index contributed by atoms with van der Waals surface area (Å²) in [4.78, 5) is 12.0. The molecule has 4 fully saturated rings. The average Bonchev–Trinajstić information content (AvgIpc) is 2.14. The van der Waals surface area contributed by atoms with Gasteiger partial charge in [-0.25, -0.2) is 0 Å². The summed E-state index contributed by atoms with van der Waals surface area (Å²) in [5, 5.41) is 2.88. The van der Waals surface area contributed by atoms with Crippen LogP contribution in [0.5, 0.6) is 0 Å². The molecule has 0 heterocycles. The molecule has 2 nitrogen and oxygen atoms in total. The van der Waals surface area contributed by atoms with Crippen LogP contribution in [0.25, 0.3) is 0 Å². The van der Waals surface area contributed by atoms with Gasteiger partial charge < -0.3 is 5.32 Å². The standard InChI is InChI=1S/C12H19NO/c1-13-11(14)12-5-8-2-9(6-12)4-10(3-8)7-12/h8-10H,2-7H2,1H3,(H,13,14)/t8-,9+,10-,12-. The van der Waals surface area contributed by atoms with Gasteiger partial charge in [0.05, 0.1) is 0 Å². The first-order chi connectivity index (χ1) is 6.72. The molecule has 0 unspecified atom stereocenters. The van der Waals surface area contributed by atoms with Crippen molar-refractivity contribution in [2.45, 2.75) is 38.5 Å². The highest BCUT2D eigenvalue weighted by Gasteiger charge is 2.54. The topological polar surface area (TPSA) is 29.1 Å². The maximum absolute atomic E-state index is 12.0. The Labute approximate surface area is 85.4 Å². The summed E-state index contributed by atoms with van der Waals surface area (Å²) in [6, 6.07) is 0. The quantitative estimate of drug-likeness (QED) is 0.677. The summed E-state index contributed by atoms with van der Waals surface area (Å²) in [5.41, 5.74) is 0.0590. The molecule has 0 atom stereocenters. The molecule has 0 spiro atoms. The van der Waals surface area contributed by atoms with E-state index in [2.05, 4.69) is 5.32 Å². The van der Waals surface area contributed by atoms with Crippen molar-refractivity contribution in [2.75, 3.05) is 7.05 Å². The van der Waals surface area contributed by atoms with Gasteiger partial charge in [-0.3, -0.25) is 4.79 Å². The minimum absolute atomic E-state index is 0.0590. The zero-order chi connectivity index (χ0) is 9.76. The van der Waals surface area contributed by atoms with Gasteiger partial charge in [0, 0.05) is 12.5 Å². The van der Waals surface area contributed by atoms with E-state index in [0.29, 0.717) is 5.91 Å². The summed E-state index contributed by atoms with van der Waals surface area (Å²) in [5.74, 6) is 2.95. The number of hydrogen-bond donors (Lipinski definition) is 1. The minimum atomic E-state index is 0.0590. The molecule has 0 radical (unpaired) electrons. The van der Waals surface area contributed by atoms with E-state index < -0.39 is 0 Å². The van der Waals surface area contributed by atoms with Crippen molar-refractivity contribution < 1.29 is 4.79 Å². The molecule has 2 heteroatoms. The van der Waals surface area contributed by atoms with Gasteiger partial charge in [0.15, 0.2) is 0 Å². The van der Waals surface area contributed by atoms with Crippen molar-refractivity contribution in [1.29, 1.82) is 0 Å². The minimum Gasteiger partial charge on any atom is -0.359 e. The van der Waals surface area contributed by atoms with Crippen LogP contribution in [-0.2, 0) is 4.79 Å². The maximum atomic E-state index is 12.0. The van der Waals surface area contributed by atoms with Crippen molar-refractivity contribution in [2.24, 2.45) is 23.2 Å². The lowest BCUT2D eigenvalue weighted by molar-refractivity contribution is -0.145. The Morgan fingerprint density at radius 3 is 1.86 bits per heavy atom. The number of carbonyl (C=O) groups is 1. The molecule has 4 rings (SSSR count). The van der Waals surface area contributed by atoms with Crippen LogP contribution in [0.3, 0.4) is 0 Å². The van der Waals surface area contributed by atoms with E-state index in [-0.39, 0.29) is 5.41 Å². The highest BCUT2D eigenvalue weighted by atomic mass is 16.2. The van der Waals surface area contributed by atoms with E-state index in [4.69, 9.17) is 0 Å². The zero-order valence-corrected chi connectivity index (χ0v) is 8.88. The predicted molar refractivity (Wildman–Crippen MR) is 54.7 cm³/mol. The number of carbonyl (C=O) groups excluding carboxylic acids is 1. The molecule has 0 aromatic heterocycles. The lowest BCUT2D eigenvalue weighted by Gasteiger charge is -2.55. The van der Waals surface area contributed by atoms with Gasteiger partial charge in [-0.05, 0) is 56.3 Å². The van der Waals surface area contributed by atoms with E-state index in [1.165, 1.54) is 38.5 Å². The normalized spacial score (nSPS) is 49.4. The number of hydrogen-bond acceptors (Lipinski definition) is 1. The van der Waals surface area contributed by atoms with Crippen LogP contribution in [0.4, 0.5) is 0 Å². The van der Waals surface area contributed by atoms with E-state index >= 15 is 0 Å². The van der Waals surface area contributed by atoms with Gasteiger partial charge in [-0.15, -0.1) is 0 Å². The molecule has 4 bridgehead atoms. The number of amides is 1. The molecule has 4 aliphatic carbocycles. The summed E-state index contributed by atoms with van der Waals surface area (Å²) < 4.78 is 0. The fourth-order valence-electron chi connectivity index (χ4n) is 4.65. The summed E-state index contributed by atoms with van der Waals surface area (Å²) >= 11 is 0. The lowest BCUT2D eigenvalue weighted by atomic mass is 9.49. The Morgan fingerprint density at radius 1 is 1.07 bits per heavy atom. The van der Waals surface area contributed by atoms with Crippen LogP contribution in [-0.4, -0.2) is 13.0 Å². The van der Waals surface area contributed by atoms with Gasteiger partial charge in [0.2, 0.25) is 5.91 Å². The maximum Gasteiger partial charge on any atom is 0.225 e. The smallest absolute Gasteiger partial charge is 0.225 e. The summed E-state index contributed by atoms with van der Waals surface area (Å²) in [7, 11) is 1.79. The molecule has 78 valence electrons. The van der Waals surface area contributed by atoms with Crippen molar-refractivity contribution in [3.8, 4) is 0 Å². The first-order valence-electron chi connectivity index (χ1n) is 5.94. The Hall–Kier alpha value is -0.530. The van der Waals surface area contributed by atoms with Gasteiger partial charge >= 0.3 is 0 Å². The molecule has 0 saturated heterocycles. The molecule has 14 heavy (non-hydrogen) atoms. The van der Waals surface area contributed by atoms with E-state index in [1.54, 1.807) is 7.05 Å². The van der Waals surface area contributed by atoms with Gasteiger partial charge in [0.25, 0.3) is 0 Å². The second-order valence-electron chi connectivity index (χ2n) is 5.78. The van der Waals surface area contributed by atoms with Crippen LogP contribution in [0, 0.1) is 23.2 Å². The summed E-state index contributed by atoms with van der Waals surface area (Å²) in [6.07, 6.45) is 7.78. The lowest BCUT2D eigenvalue weighted by Crippen LogP contribution is -2.52. The second-order valence-corrected chi connectivity index (χ2v) is 5.78. The van der Waals surface area contributed by atoms with Crippen LogP contribution in [0.1, 0.15) is 38.5 Å². The monoisotopic (exact) mass is 193 g/mol. The molecule has 1 N–H and O–H groups in total. The molecular formula is C12H19NO. The predicted octanol–water partition coefficient (Wildman–Crippen LogP) is 1.95. The molecule has 4 aliphatic rings. The molecule has 0 aromatic rings. The zero-order valence-electron chi connectivity index (χ0n) is 8.88. The molecule has 0 aromatic carbocycles. The Balaban J connectivity index is 1.91. The van der Waals surface area contributed by atoms with Crippen LogP contribution < -0.4 is 5.32 Å². The van der Waals surface area contributed by atoms with Gasteiger partial charge in [-0.1, -0.05) is 0 Å². The fourth-order valence-corrected chi connectivity index (χ4v) is 4.65. The van der Waals surface area contributed by atoms with Crippen LogP contribution in [0.2, 0.25) is 0 Å².